The number of anilines is 1. The Kier molecular flexibility index (Phi) is 6.92. The topological polar surface area (TPSA) is 69.2 Å². The molecule has 2 N–H and O–H groups in total. The van der Waals surface area contributed by atoms with Crippen LogP contribution in [0.15, 0.2) is 35.3 Å². The molecule has 0 saturated carbocycles. The molecule has 148 valence electrons. The summed E-state index contributed by atoms with van der Waals surface area (Å²) in [5.41, 5.74) is 1.25. The maximum absolute atomic E-state index is 11.9. The van der Waals surface area contributed by atoms with E-state index in [-0.39, 0.29) is 18.6 Å². The molecule has 1 aromatic rings. The average Bonchev–Trinajstić information content (AvgIpc) is 3.36. The van der Waals surface area contributed by atoms with Crippen LogP contribution in [0, 0.1) is 0 Å². The van der Waals surface area contributed by atoms with Crippen LogP contribution in [0.3, 0.4) is 0 Å². The third kappa shape index (κ3) is 5.85. The van der Waals surface area contributed by atoms with Crippen LogP contribution in [0.2, 0.25) is 0 Å². The monoisotopic (exact) mass is 373 g/mol. The van der Waals surface area contributed by atoms with Crippen molar-refractivity contribution in [3.05, 3.63) is 30.3 Å². The lowest BCUT2D eigenvalue weighted by molar-refractivity contribution is -0.127. The van der Waals surface area contributed by atoms with Crippen molar-refractivity contribution in [1.82, 2.24) is 15.5 Å². The number of rotatable bonds is 6. The Morgan fingerprint density at radius 2 is 2.11 bits per heavy atom. The van der Waals surface area contributed by atoms with Gasteiger partial charge in [0.1, 0.15) is 6.54 Å². The molecule has 1 amide bonds. The number of aliphatic imine (C=N–C) groups is 1. The Hall–Kier alpha value is -2.28. The van der Waals surface area contributed by atoms with Crippen molar-refractivity contribution in [2.45, 2.75) is 31.4 Å². The first kappa shape index (κ1) is 19.5. The average molecular weight is 374 g/mol. The van der Waals surface area contributed by atoms with E-state index in [4.69, 9.17) is 4.74 Å². The molecule has 0 bridgehead atoms. The summed E-state index contributed by atoms with van der Waals surface area (Å²) < 4.78 is 5.68. The highest BCUT2D eigenvalue weighted by Crippen LogP contribution is 2.19. The molecule has 27 heavy (non-hydrogen) atoms. The van der Waals surface area contributed by atoms with Crippen molar-refractivity contribution in [3.8, 4) is 0 Å². The van der Waals surface area contributed by atoms with Crippen molar-refractivity contribution >= 4 is 17.6 Å². The van der Waals surface area contributed by atoms with Crippen molar-refractivity contribution in [3.63, 3.8) is 0 Å². The number of hydrogen-bond acceptors (Lipinski definition) is 4. The number of carbonyl (C=O) groups is 1. The van der Waals surface area contributed by atoms with Gasteiger partial charge in [-0.25, -0.2) is 4.99 Å². The van der Waals surface area contributed by atoms with Gasteiger partial charge < -0.3 is 25.2 Å². The van der Waals surface area contributed by atoms with E-state index in [1.54, 1.807) is 19.0 Å². The van der Waals surface area contributed by atoms with Crippen LogP contribution in [-0.4, -0.2) is 75.8 Å². The van der Waals surface area contributed by atoms with E-state index in [0.717, 1.165) is 45.5 Å². The zero-order valence-corrected chi connectivity index (χ0v) is 16.4. The molecule has 3 rings (SSSR count). The number of carbonyl (C=O) groups excluding carboxylic acids is 1. The predicted octanol–water partition coefficient (Wildman–Crippen LogP) is 1.07. The Morgan fingerprint density at radius 1 is 1.30 bits per heavy atom. The smallest absolute Gasteiger partial charge is 0.243 e. The van der Waals surface area contributed by atoms with Crippen LogP contribution < -0.4 is 15.5 Å². The van der Waals surface area contributed by atoms with Crippen LogP contribution in [-0.2, 0) is 9.53 Å². The highest BCUT2D eigenvalue weighted by molar-refractivity contribution is 5.85. The standard InChI is InChI=1S/C20H31N5O2/c1-24(2)19(26)14-22-20(21-13-18-9-6-12-27-18)23-16-10-11-25(15-16)17-7-4-3-5-8-17/h3-5,7-8,16,18H,6,9-15H2,1-2H3,(H2,21,22,23). The normalized spacial score (nSPS) is 22.7. The molecule has 2 heterocycles. The second-order valence-electron chi connectivity index (χ2n) is 7.38. The zero-order valence-electron chi connectivity index (χ0n) is 16.4. The van der Waals surface area contributed by atoms with Crippen LogP contribution in [0.5, 0.6) is 0 Å². The third-order valence-corrected chi connectivity index (χ3v) is 5.04. The molecule has 7 heteroatoms. The minimum Gasteiger partial charge on any atom is -0.376 e. The zero-order chi connectivity index (χ0) is 19.1. The van der Waals surface area contributed by atoms with Gasteiger partial charge in [0, 0.05) is 52.1 Å². The van der Waals surface area contributed by atoms with Crippen LogP contribution in [0.25, 0.3) is 0 Å². The Balaban J connectivity index is 1.56. The second kappa shape index (κ2) is 9.60. The van der Waals surface area contributed by atoms with Crippen molar-refractivity contribution in [2.24, 2.45) is 4.99 Å². The number of nitrogens with zero attached hydrogens (tertiary/aromatic N) is 3. The number of nitrogens with one attached hydrogen (secondary N) is 2. The molecule has 2 atom stereocenters. The number of amides is 1. The predicted molar refractivity (Wildman–Crippen MR) is 108 cm³/mol. The van der Waals surface area contributed by atoms with E-state index in [2.05, 4.69) is 44.8 Å². The van der Waals surface area contributed by atoms with Crippen LogP contribution in [0.1, 0.15) is 19.3 Å². The summed E-state index contributed by atoms with van der Waals surface area (Å²) >= 11 is 0. The van der Waals surface area contributed by atoms with Gasteiger partial charge >= 0.3 is 0 Å². The lowest BCUT2D eigenvalue weighted by atomic mass is 10.2. The van der Waals surface area contributed by atoms with E-state index in [0.29, 0.717) is 12.0 Å². The first-order valence-corrected chi connectivity index (χ1v) is 9.78. The summed E-state index contributed by atoms with van der Waals surface area (Å²) in [6.45, 7) is 3.63. The first-order chi connectivity index (χ1) is 13.1. The van der Waals surface area contributed by atoms with Gasteiger partial charge in [0.15, 0.2) is 5.96 Å². The molecule has 2 saturated heterocycles. The molecule has 2 aliphatic heterocycles. The molecule has 0 aliphatic carbocycles. The number of benzene rings is 1. The van der Waals surface area contributed by atoms with Crippen molar-refractivity contribution < 1.29 is 9.53 Å². The van der Waals surface area contributed by atoms with Gasteiger partial charge in [0.2, 0.25) is 5.91 Å². The lowest BCUT2D eigenvalue weighted by Crippen LogP contribution is -2.47. The molecule has 0 radical (unpaired) electrons. The number of hydrogen-bond donors (Lipinski definition) is 2. The molecule has 2 aliphatic rings. The molecular formula is C20H31N5O2. The van der Waals surface area contributed by atoms with Crippen molar-refractivity contribution in [2.75, 3.05) is 51.8 Å². The lowest BCUT2D eigenvalue weighted by Gasteiger charge is -2.21. The fourth-order valence-corrected chi connectivity index (χ4v) is 3.40. The van der Waals surface area contributed by atoms with E-state index < -0.39 is 0 Å². The molecule has 7 nitrogen and oxygen atoms in total. The first-order valence-electron chi connectivity index (χ1n) is 9.78. The molecule has 2 unspecified atom stereocenters. The number of guanidine groups is 1. The Labute approximate surface area is 161 Å². The SMILES string of the molecule is CN(C)C(=O)CN=C(NCC1CCCO1)NC1CCN(c2ccccc2)C1. The van der Waals surface area contributed by atoms with E-state index in [9.17, 15) is 4.79 Å². The van der Waals surface area contributed by atoms with Crippen LogP contribution in [0.4, 0.5) is 5.69 Å². The third-order valence-electron chi connectivity index (χ3n) is 5.04. The van der Waals surface area contributed by atoms with Gasteiger partial charge in [-0.2, -0.15) is 0 Å². The quantitative estimate of drug-likeness (QED) is 0.577. The summed E-state index contributed by atoms with van der Waals surface area (Å²) in [5.74, 6) is 0.686. The Bertz CT molecular complexity index is 629. The molecular weight excluding hydrogens is 342 g/mol. The van der Waals surface area contributed by atoms with E-state index >= 15 is 0 Å². The summed E-state index contributed by atoms with van der Waals surface area (Å²) in [4.78, 5) is 20.3. The molecule has 1 aromatic carbocycles. The van der Waals surface area contributed by atoms with Gasteiger partial charge in [-0.15, -0.1) is 0 Å². The van der Waals surface area contributed by atoms with Crippen LogP contribution >= 0.6 is 0 Å². The largest absolute Gasteiger partial charge is 0.376 e. The van der Waals surface area contributed by atoms with Gasteiger partial charge in [0.25, 0.3) is 0 Å². The summed E-state index contributed by atoms with van der Waals surface area (Å²) in [7, 11) is 3.50. The minimum absolute atomic E-state index is 0.00875. The maximum atomic E-state index is 11.9. The highest BCUT2D eigenvalue weighted by atomic mass is 16.5. The summed E-state index contributed by atoms with van der Waals surface area (Å²) in [5, 5.41) is 6.87. The van der Waals surface area contributed by atoms with Gasteiger partial charge in [-0.3, -0.25) is 4.79 Å². The fourth-order valence-electron chi connectivity index (χ4n) is 3.40. The highest BCUT2D eigenvalue weighted by Gasteiger charge is 2.24. The van der Waals surface area contributed by atoms with Gasteiger partial charge in [-0.05, 0) is 31.4 Å². The summed E-state index contributed by atoms with van der Waals surface area (Å²) in [6, 6.07) is 10.8. The number of para-hydroxylation sites is 1. The number of ether oxygens (including phenoxy) is 1. The molecule has 0 spiro atoms. The molecule has 2 fully saturated rings. The molecule has 0 aromatic heterocycles. The number of likely N-dealkylation sites (N-methyl/N-ethyl adjacent to an activating group) is 1. The van der Waals surface area contributed by atoms with Crippen molar-refractivity contribution in [1.29, 1.82) is 0 Å². The van der Waals surface area contributed by atoms with E-state index in [1.807, 2.05) is 6.07 Å². The minimum atomic E-state index is -0.00875. The Morgan fingerprint density at radius 3 is 2.81 bits per heavy atom. The summed E-state index contributed by atoms with van der Waals surface area (Å²) in [6.07, 6.45) is 3.45. The fraction of sp³-hybridized carbons (Fsp3) is 0.600. The van der Waals surface area contributed by atoms with Gasteiger partial charge in [0.05, 0.1) is 6.10 Å². The van der Waals surface area contributed by atoms with Gasteiger partial charge in [-0.1, -0.05) is 18.2 Å². The van der Waals surface area contributed by atoms with E-state index in [1.165, 1.54) is 5.69 Å². The maximum Gasteiger partial charge on any atom is 0.243 e. The second-order valence-corrected chi connectivity index (χ2v) is 7.38.